The van der Waals surface area contributed by atoms with Crippen LogP contribution in [0.5, 0.6) is 0 Å². The first-order chi connectivity index (χ1) is 7.58. The molecule has 16 heavy (non-hydrogen) atoms. The zero-order valence-electron chi connectivity index (χ0n) is 9.19. The van der Waals surface area contributed by atoms with Crippen molar-refractivity contribution in [1.29, 1.82) is 0 Å². The number of nitrogens with two attached hydrogens (primary N) is 1. The molecule has 2 aromatic heterocycles. The molecule has 2 rings (SSSR count). The first-order valence-corrected chi connectivity index (χ1v) is 5.33. The lowest BCUT2D eigenvalue weighted by Gasteiger charge is -2.01. The number of hydrogen-bond donors (Lipinski definition) is 2. The van der Waals surface area contributed by atoms with E-state index in [1.54, 1.807) is 6.33 Å². The number of nitrogens with one attached hydrogen (secondary N) is 1. The van der Waals surface area contributed by atoms with Crippen molar-refractivity contribution in [3.05, 3.63) is 22.6 Å². The predicted octanol–water partition coefficient (Wildman–Crippen LogP) is 2.04. The van der Waals surface area contributed by atoms with Crippen LogP contribution in [0.25, 0.3) is 11.2 Å². The van der Waals surface area contributed by atoms with Gasteiger partial charge in [0.1, 0.15) is 11.2 Å². The monoisotopic (exact) mass is 235 g/mol. The van der Waals surface area contributed by atoms with Gasteiger partial charge < -0.3 is 15.3 Å². The number of rotatable bonds is 2. The van der Waals surface area contributed by atoms with Crippen molar-refractivity contribution in [3.63, 3.8) is 0 Å². The summed E-state index contributed by atoms with van der Waals surface area (Å²) in [5, 5.41) is 0. The summed E-state index contributed by atoms with van der Waals surface area (Å²) in [4.78, 5) is 11.1. The molecule has 0 atom stereocenters. The summed E-state index contributed by atoms with van der Waals surface area (Å²) in [6.45, 7) is 4.85. The SMILES string of the molecule is CC(C)=CCn1cnc2c(=S)nc(N)[nH]c21. The molecule has 84 valence electrons. The summed E-state index contributed by atoms with van der Waals surface area (Å²) in [6.07, 6.45) is 3.84. The number of H-pyrrole nitrogens is 1. The van der Waals surface area contributed by atoms with Crippen LogP contribution in [0.4, 0.5) is 5.95 Å². The van der Waals surface area contributed by atoms with Crippen LogP contribution in [0, 0.1) is 4.64 Å². The maximum Gasteiger partial charge on any atom is 0.200 e. The normalized spacial score (nSPS) is 10.6. The zero-order chi connectivity index (χ0) is 11.7. The molecule has 5 nitrogen and oxygen atoms in total. The van der Waals surface area contributed by atoms with E-state index in [-0.39, 0.29) is 0 Å². The van der Waals surface area contributed by atoms with Gasteiger partial charge in [0.15, 0.2) is 10.6 Å². The van der Waals surface area contributed by atoms with E-state index < -0.39 is 0 Å². The van der Waals surface area contributed by atoms with Crippen LogP contribution in [-0.2, 0) is 6.54 Å². The average Bonchev–Trinajstić information content (AvgIpc) is 2.58. The van der Waals surface area contributed by atoms with Crippen LogP contribution in [-0.4, -0.2) is 19.5 Å². The van der Waals surface area contributed by atoms with Crippen LogP contribution in [0.1, 0.15) is 13.8 Å². The van der Waals surface area contributed by atoms with Gasteiger partial charge in [-0.3, -0.25) is 0 Å². The van der Waals surface area contributed by atoms with Gasteiger partial charge in [0.2, 0.25) is 0 Å². The number of aromatic amines is 1. The van der Waals surface area contributed by atoms with Gasteiger partial charge in [-0.2, -0.15) is 0 Å². The highest BCUT2D eigenvalue weighted by Gasteiger charge is 2.05. The molecule has 0 bridgehead atoms. The predicted molar refractivity (Wildman–Crippen MR) is 66.6 cm³/mol. The van der Waals surface area contributed by atoms with Gasteiger partial charge in [0.25, 0.3) is 0 Å². The average molecular weight is 235 g/mol. The Morgan fingerprint density at radius 2 is 2.38 bits per heavy atom. The fourth-order valence-corrected chi connectivity index (χ4v) is 1.65. The first-order valence-electron chi connectivity index (χ1n) is 4.92. The summed E-state index contributed by atoms with van der Waals surface area (Å²) in [6, 6.07) is 0. The number of nitrogens with zero attached hydrogens (tertiary/aromatic N) is 3. The second-order valence-corrected chi connectivity index (χ2v) is 4.19. The van der Waals surface area contributed by atoms with Crippen molar-refractivity contribution in [2.75, 3.05) is 5.73 Å². The maximum absolute atomic E-state index is 5.62. The van der Waals surface area contributed by atoms with Crippen molar-refractivity contribution in [3.8, 4) is 0 Å². The fourth-order valence-electron chi connectivity index (χ4n) is 1.40. The molecule has 0 aliphatic heterocycles. The Labute approximate surface area is 98.0 Å². The van der Waals surface area contributed by atoms with E-state index in [4.69, 9.17) is 18.0 Å². The van der Waals surface area contributed by atoms with Crippen molar-refractivity contribution in [2.24, 2.45) is 0 Å². The lowest BCUT2D eigenvalue weighted by molar-refractivity contribution is 0.831. The molecule has 2 heterocycles. The second kappa shape index (κ2) is 4.05. The van der Waals surface area contributed by atoms with Gasteiger partial charge in [0, 0.05) is 6.54 Å². The van der Waals surface area contributed by atoms with Gasteiger partial charge in [-0.1, -0.05) is 23.9 Å². The number of nitrogen functional groups attached to an aromatic ring is 1. The molecule has 0 saturated heterocycles. The number of hydrogen-bond acceptors (Lipinski definition) is 4. The van der Waals surface area contributed by atoms with Crippen molar-refractivity contribution in [2.45, 2.75) is 20.4 Å². The summed E-state index contributed by atoms with van der Waals surface area (Å²) < 4.78 is 2.39. The largest absolute Gasteiger partial charge is 0.369 e. The minimum absolute atomic E-state index is 0.316. The smallest absolute Gasteiger partial charge is 0.200 e. The maximum atomic E-state index is 5.62. The molecule has 3 N–H and O–H groups in total. The highest BCUT2D eigenvalue weighted by molar-refractivity contribution is 7.71. The molecule has 0 aliphatic carbocycles. The molecule has 0 fully saturated rings. The molecular weight excluding hydrogens is 222 g/mol. The van der Waals surface area contributed by atoms with Crippen molar-refractivity contribution in [1.82, 2.24) is 19.5 Å². The highest BCUT2D eigenvalue weighted by atomic mass is 32.1. The van der Waals surface area contributed by atoms with Crippen LogP contribution >= 0.6 is 12.2 Å². The molecule has 0 aromatic carbocycles. The number of aromatic nitrogens is 4. The van der Waals surface area contributed by atoms with E-state index in [1.165, 1.54) is 5.57 Å². The topological polar surface area (TPSA) is 72.5 Å². The molecule has 0 radical (unpaired) electrons. The molecular formula is C10H13N5S. The third kappa shape index (κ3) is 1.96. The van der Waals surface area contributed by atoms with E-state index in [2.05, 4.69) is 34.9 Å². The summed E-state index contributed by atoms with van der Waals surface area (Å²) in [5.74, 6) is 0.316. The standard InChI is InChI=1S/C10H13N5S/c1-6(2)3-4-15-5-12-7-8(15)13-10(11)14-9(7)16/h3,5H,4H2,1-2H3,(H3,11,13,14,16). The summed E-state index contributed by atoms with van der Waals surface area (Å²) in [5.41, 5.74) is 8.37. The van der Waals surface area contributed by atoms with Crippen LogP contribution < -0.4 is 5.73 Å². The molecule has 2 aromatic rings. The molecule has 0 amide bonds. The van der Waals surface area contributed by atoms with E-state index in [9.17, 15) is 0 Å². The summed E-state index contributed by atoms with van der Waals surface area (Å²) in [7, 11) is 0. The number of anilines is 1. The lowest BCUT2D eigenvalue weighted by Crippen LogP contribution is -2.00. The number of fused-ring (bicyclic) bond motifs is 1. The van der Waals surface area contributed by atoms with Crippen molar-refractivity contribution >= 4 is 29.3 Å². The van der Waals surface area contributed by atoms with Crippen molar-refractivity contribution < 1.29 is 0 Å². The number of allylic oxidation sites excluding steroid dienone is 2. The first kappa shape index (κ1) is 10.8. The third-order valence-electron chi connectivity index (χ3n) is 2.21. The Bertz CT molecular complexity index is 603. The van der Waals surface area contributed by atoms with Crippen LogP contribution in [0.15, 0.2) is 18.0 Å². The second-order valence-electron chi connectivity index (χ2n) is 3.80. The molecule has 0 spiro atoms. The van der Waals surface area contributed by atoms with Crippen LogP contribution in [0.3, 0.4) is 0 Å². The van der Waals surface area contributed by atoms with Gasteiger partial charge in [-0.15, -0.1) is 0 Å². The fraction of sp³-hybridized carbons (Fsp3) is 0.300. The molecule has 0 unspecified atom stereocenters. The molecule has 0 aliphatic rings. The van der Waals surface area contributed by atoms with E-state index in [1.807, 2.05) is 4.57 Å². The Hall–Kier alpha value is -1.69. The quantitative estimate of drug-likeness (QED) is 0.617. The Morgan fingerprint density at radius 3 is 3.06 bits per heavy atom. The highest BCUT2D eigenvalue weighted by Crippen LogP contribution is 2.12. The molecule has 6 heteroatoms. The van der Waals surface area contributed by atoms with E-state index in [0.29, 0.717) is 16.1 Å². The lowest BCUT2D eigenvalue weighted by atomic mass is 10.3. The Kier molecular flexibility index (Phi) is 2.74. The Balaban J connectivity index is 2.56. The van der Waals surface area contributed by atoms with Gasteiger partial charge >= 0.3 is 0 Å². The summed E-state index contributed by atoms with van der Waals surface area (Å²) >= 11 is 5.09. The van der Waals surface area contributed by atoms with E-state index in [0.717, 1.165) is 12.2 Å². The van der Waals surface area contributed by atoms with Gasteiger partial charge in [-0.25, -0.2) is 9.97 Å². The Morgan fingerprint density at radius 1 is 1.62 bits per heavy atom. The zero-order valence-corrected chi connectivity index (χ0v) is 10.0. The van der Waals surface area contributed by atoms with Crippen LogP contribution in [0.2, 0.25) is 0 Å². The van der Waals surface area contributed by atoms with Gasteiger partial charge in [0.05, 0.1) is 6.33 Å². The van der Waals surface area contributed by atoms with Gasteiger partial charge in [-0.05, 0) is 13.8 Å². The minimum atomic E-state index is 0.316. The third-order valence-corrected chi connectivity index (χ3v) is 2.49. The molecule has 0 saturated carbocycles. The minimum Gasteiger partial charge on any atom is -0.369 e. The van der Waals surface area contributed by atoms with E-state index >= 15 is 0 Å². The number of imidazole rings is 1.